The summed E-state index contributed by atoms with van der Waals surface area (Å²) in [5.74, 6) is -2.14. The molecule has 5 heteroatoms. The van der Waals surface area contributed by atoms with Crippen LogP contribution in [0.5, 0.6) is 0 Å². The first kappa shape index (κ1) is 9.65. The van der Waals surface area contributed by atoms with Crippen LogP contribution in [0, 0.1) is 11.8 Å². The number of hydrogen-bond donors (Lipinski definition) is 1. The van der Waals surface area contributed by atoms with Gasteiger partial charge in [-0.3, -0.25) is 9.59 Å². The van der Waals surface area contributed by atoms with Crippen LogP contribution in [-0.2, 0) is 14.3 Å². The minimum absolute atomic E-state index is 0.0215. The van der Waals surface area contributed by atoms with E-state index in [0.29, 0.717) is 12.6 Å². The Morgan fingerprint density at radius 2 is 2.29 bits per heavy atom. The van der Waals surface area contributed by atoms with Crippen LogP contribution in [0.15, 0.2) is 12.2 Å². The summed E-state index contributed by atoms with van der Waals surface area (Å²) in [4.78, 5) is 25.4. The highest BCUT2D eigenvalue weighted by molar-refractivity contribution is 5.91. The standard InChI is InChI=1S/C12H13NO4/c14-10-9-8(11(15)16)7-3-4-12(9,17-7)5-13(10)6-1-2-6/h3-4,6-9H,1-2,5H2,(H,15,16)/t7-,8-,9-,12+/m0/s1. The zero-order valence-electron chi connectivity index (χ0n) is 9.20. The maximum Gasteiger partial charge on any atom is 0.310 e. The average Bonchev–Trinajstić information content (AvgIpc) is 2.89. The molecular formula is C12H13NO4. The Hall–Kier alpha value is -1.36. The Morgan fingerprint density at radius 1 is 1.53 bits per heavy atom. The largest absolute Gasteiger partial charge is 0.481 e. The van der Waals surface area contributed by atoms with Crippen LogP contribution in [0.1, 0.15) is 12.8 Å². The van der Waals surface area contributed by atoms with Crippen molar-refractivity contribution < 1.29 is 19.4 Å². The number of nitrogens with zero attached hydrogens (tertiary/aromatic N) is 1. The summed E-state index contributed by atoms with van der Waals surface area (Å²) in [5.41, 5.74) is -0.645. The van der Waals surface area contributed by atoms with Gasteiger partial charge in [0.25, 0.3) is 0 Å². The van der Waals surface area contributed by atoms with Gasteiger partial charge in [-0.2, -0.15) is 0 Å². The highest BCUT2D eigenvalue weighted by atomic mass is 16.5. The van der Waals surface area contributed by atoms with E-state index in [4.69, 9.17) is 4.74 Å². The van der Waals surface area contributed by atoms with Gasteiger partial charge in [0.05, 0.1) is 18.6 Å². The molecule has 0 aromatic carbocycles. The number of carbonyl (C=O) groups excluding carboxylic acids is 1. The fourth-order valence-electron chi connectivity index (χ4n) is 3.51. The number of hydrogen-bond acceptors (Lipinski definition) is 3. The smallest absolute Gasteiger partial charge is 0.310 e. The van der Waals surface area contributed by atoms with Crippen molar-refractivity contribution in [2.45, 2.75) is 30.6 Å². The molecule has 0 aromatic heterocycles. The van der Waals surface area contributed by atoms with Crippen molar-refractivity contribution in [1.82, 2.24) is 4.90 Å². The molecule has 3 heterocycles. The van der Waals surface area contributed by atoms with Crippen molar-refractivity contribution in [2.75, 3.05) is 6.54 Å². The van der Waals surface area contributed by atoms with Crippen molar-refractivity contribution in [2.24, 2.45) is 11.8 Å². The minimum Gasteiger partial charge on any atom is -0.481 e. The Kier molecular flexibility index (Phi) is 1.54. The third-order valence-corrected chi connectivity index (χ3v) is 4.40. The third kappa shape index (κ3) is 1.03. The van der Waals surface area contributed by atoms with Crippen LogP contribution < -0.4 is 0 Å². The lowest BCUT2D eigenvalue weighted by molar-refractivity contribution is -0.148. The first-order valence-corrected chi connectivity index (χ1v) is 6.03. The van der Waals surface area contributed by atoms with E-state index in [2.05, 4.69) is 0 Å². The molecule has 1 N–H and O–H groups in total. The maximum atomic E-state index is 12.3. The van der Waals surface area contributed by atoms with E-state index >= 15 is 0 Å². The summed E-state index contributed by atoms with van der Waals surface area (Å²) in [7, 11) is 0. The van der Waals surface area contributed by atoms with Gasteiger partial charge in [0.1, 0.15) is 11.5 Å². The number of carbonyl (C=O) groups is 2. The molecule has 1 saturated carbocycles. The van der Waals surface area contributed by atoms with E-state index in [0.717, 1.165) is 12.8 Å². The Bertz CT molecular complexity index is 455. The highest BCUT2D eigenvalue weighted by Gasteiger charge is 2.68. The summed E-state index contributed by atoms with van der Waals surface area (Å²) in [6.07, 6.45) is 5.38. The molecular weight excluding hydrogens is 222 g/mol. The number of aliphatic carboxylic acids is 1. The maximum absolute atomic E-state index is 12.3. The van der Waals surface area contributed by atoms with Crippen LogP contribution in [-0.4, -0.2) is 46.2 Å². The van der Waals surface area contributed by atoms with E-state index < -0.39 is 29.5 Å². The lowest BCUT2D eigenvalue weighted by Gasteiger charge is -2.21. The van der Waals surface area contributed by atoms with Gasteiger partial charge in [-0.1, -0.05) is 12.2 Å². The third-order valence-electron chi connectivity index (χ3n) is 4.40. The van der Waals surface area contributed by atoms with Gasteiger partial charge < -0.3 is 14.7 Å². The number of carboxylic acids is 1. The molecule has 4 aliphatic rings. The lowest BCUT2D eigenvalue weighted by atomic mass is 9.77. The molecule has 1 spiro atoms. The molecule has 1 aliphatic carbocycles. The van der Waals surface area contributed by atoms with Gasteiger partial charge in [0.2, 0.25) is 5.91 Å². The van der Waals surface area contributed by atoms with Crippen molar-refractivity contribution >= 4 is 11.9 Å². The summed E-state index contributed by atoms with van der Waals surface area (Å²) in [5, 5.41) is 9.25. The molecule has 0 unspecified atom stereocenters. The minimum atomic E-state index is -0.919. The van der Waals surface area contributed by atoms with Crippen LogP contribution >= 0.6 is 0 Å². The van der Waals surface area contributed by atoms with E-state index in [1.54, 1.807) is 6.08 Å². The van der Waals surface area contributed by atoms with Crippen LogP contribution in [0.2, 0.25) is 0 Å². The number of amides is 1. The van der Waals surface area contributed by atoms with Crippen molar-refractivity contribution in [1.29, 1.82) is 0 Å². The number of carboxylic acid groups (broad SMARTS) is 1. The molecule has 90 valence electrons. The molecule has 4 atom stereocenters. The van der Waals surface area contributed by atoms with Gasteiger partial charge in [-0.25, -0.2) is 0 Å². The van der Waals surface area contributed by atoms with Gasteiger partial charge in [-0.05, 0) is 12.8 Å². The molecule has 1 amide bonds. The fourth-order valence-corrected chi connectivity index (χ4v) is 3.51. The second-order valence-electron chi connectivity index (χ2n) is 5.44. The van der Waals surface area contributed by atoms with Gasteiger partial charge in [0, 0.05) is 6.04 Å². The number of rotatable bonds is 2. The number of ether oxygens (including phenoxy) is 1. The predicted octanol–water partition coefficient (Wildman–Crippen LogP) is 0.0154. The fraction of sp³-hybridized carbons (Fsp3) is 0.667. The summed E-state index contributed by atoms with van der Waals surface area (Å²) < 4.78 is 5.78. The molecule has 17 heavy (non-hydrogen) atoms. The number of likely N-dealkylation sites (tertiary alicyclic amines) is 1. The summed E-state index contributed by atoms with van der Waals surface area (Å²) in [6.45, 7) is 0.540. The van der Waals surface area contributed by atoms with Gasteiger partial charge >= 0.3 is 5.97 Å². The van der Waals surface area contributed by atoms with Crippen LogP contribution in [0.3, 0.4) is 0 Å². The number of fused-ring (bicyclic) bond motifs is 1. The molecule has 3 fully saturated rings. The lowest BCUT2D eigenvalue weighted by Crippen LogP contribution is -2.39. The van der Waals surface area contributed by atoms with E-state index in [9.17, 15) is 14.7 Å². The zero-order valence-corrected chi connectivity index (χ0v) is 9.20. The predicted molar refractivity (Wildman–Crippen MR) is 56.1 cm³/mol. The molecule has 4 rings (SSSR count). The van der Waals surface area contributed by atoms with Gasteiger partial charge in [-0.15, -0.1) is 0 Å². The van der Waals surface area contributed by atoms with Crippen LogP contribution in [0.25, 0.3) is 0 Å². The molecule has 2 saturated heterocycles. The SMILES string of the molecule is O=C(O)[C@H]1[C@@H]2C=C[C@]3(CN(C4CC4)C(=O)[C@H]13)O2. The topological polar surface area (TPSA) is 66.8 Å². The normalized spacial score (nSPS) is 46.7. The highest BCUT2D eigenvalue weighted by Crippen LogP contribution is 2.53. The molecule has 2 bridgehead atoms. The van der Waals surface area contributed by atoms with Crippen molar-refractivity contribution in [3.05, 3.63) is 12.2 Å². The second-order valence-corrected chi connectivity index (χ2v) is 5.44. The Morgan fingerprint density at radius 3 is 2.94 bits per heavy atom. The molecule has 0 aromatic rings. The average molecular weight is 235 g/mol. The van der Waals surface area contributed by atoms with Crippen molar-refractivity contribution in [3.8, 4) is 0 Å². The monoisotopic (exact) mass is 235 g/mol. The van der Waals surface area contributed by atoms with Crippen LogP contribution in [0.4, 0.5) is 0 Å². The Balaban J connectivity index is 1.76. The molecule has 5 nitrogen and oxygen atoms in total. The van der Waals surface area contributed by atoms with E-state index in [1.807, 2.05) is 11.0 Å². The summed E-state index contributed by atoms with van der Waals surface area (Å²) in [6, 6.07) is 0.327. The van der Waals surface area contributed by atoms with Gasteiger partial charge in [0.15, 0.2) is 0 Å². The summed E-state index contributed by atoms with van der Waals surface area (Å²) >= 11 is 0. The Labute approximate surface area is 98.0 Å². The quantitative estimate of drug-likeness (QED) is 0.685. The first-order valence-electron chi connectivity index (χ1n) is 6.03. The zero-order chi connectivity index (χ0) is 11.8. The second kappa shape index (κ2) is 2.72. The van der Waals surface area contributed by atoms with E-state index in [1.165, 1.54) is 0 Å². The molecule has 3 aliphatic heterocycles. The molecule has 0 radical (unpaired) electrons. The van der Waals surface area contributed by atoms with Crippen molar-refractivity contribution in [3.63, 3.8) is 0 Å². The van der Waals surface area contributed by atoms with E-state index in [-0.39, 0.29) is 5.91 Å². The first-order chi connectivity index (χ1) is 8.12.